The predicted molar refractivity (Wildman–Crippen MR) is 56.6 cm³/mol. The van der Waals surface area contributed by atoms with Gasteiger partial charge >= 0.3 is 0 Å². The summed E-state index contributed by atoms with van der Waals surface area (Å²) in [6.45, 7) is 4.97. The van der Waals surface area contributed by atoms with Crippen LogP contribution in [0.15, 0.2) is 12.2 Å². The number of hydrogen-bond acceptors (Lipinski definition) is 1. The van der Waals surface area contributed by atoms with E-state index < -0.39 is 0 Å². The maximum atomic E-state index is 11.1. The van der Waals surface area contributed by atoms with E-state index in [1.54, 1.807) is 0 Å². The van der Waals surface area contributed by atoms with Crippen molar-refractivity contribution in [3.8, 4) is 0 Å². The molecule has 0 unspecified atom stereocenters. The summed E-state index contributed by atoms with van der Waals surface area (Å²) in [4.78, 5) is 11.1. The van der Waals surface area contributed by atoms with E-state index in [2.05, 4.69) is 12.2 Å². The molecular weight excluding hydrogens is 162 g/mol. The van der Waals surface area contributed by atoms with Crippen LogP contribution in [0.2, 0.25) is 0 Å². The average molecular weight is 183 g/mol. The first kappa shape index (κ1) is 12.2. The molecule has 1 amide bonds. The van der Waals surface area contributed by atoms with Gasteiger partial charge in [0.2, 0.25) is 5.91 Å². The Balaban J connectivity index is 3.20. The second-order valence-corrected chi connectivity index (χ2v) is 3.16. The molecular formula is C11H21NO. The van der Waals surface area contributed by atoms with E-state index in [1.807, 2.05) is 19.1 Å². The van der Waals surface area contributed by atoms with E-state index in [9.17, 15) is 4.79 Å². The second-order valence-electron chi connectivity index (χ2n) is 3.16. The molecule has 2 heteroatoms. The van der Waals surface area contributed by atoms with Crippen LogP contribution < -0.4 is 5.32 Å². The molecule has 0 aliphatic carbocycles. The summed E-state index contributed by atoms with van der Waals surface area (Å²) in [6.07, 6.45) is 8.98. The molecule has 0 bridgehead atoms. The predicted octanol–water partition coefficient (Wildman–Crippen LogP) is 2.65. The number of hydrogen-bond donors (Lipinski definition) is 1. The Bertz CT molecular complexity index is 152. The van der Waals surface area contributed by atoms with Crippen LogP contribution in [-0.2, 0) is 4.79 Å². The molecule has 0 atom stereocenters. The zero-order valence-corrected chi connectivity index (χ0v) is 8.81. The molecule has 0 radical (unpaired) electrons. The summed E-state index contributed by atoms with van der Waals surface area (Å²) in [6, 6.07) is 0. The smallest absolute Gasteiger partial charge is 0.220 e. The lowest BCUT2D eigenvalue weighted by Crippen LogP contribution is -2.23. The largest absolute Gasteiger partial charge is 0.356 e. The van der Waals surface area contributed by atoms with Crippen molar-refractivity contribution >= 4 is 5.91 Å². The Hall–Kier alpha value is -0.790. The molecule has 0 aromatic carbocycles. The maximum absolute atomic E-state index is 11.1. The van der Waals surface area contributed by atoms with Gasteiger partial charge in [-0.3, -0.25) is 4.79 Å². The fraction of sp³-hybridized carbons (Fsp3) is 0.727. The van der Waals surface area contributed by atoms with Crippen LogP contribution in [0.4, 0.5) is 0 Å². The lowest BCUT2D eigenvalue weighted by molar-refractivity contribution is -0.121. The average Bonchev–Trinajstić information content (AvgIpc) is 2.13. The molecule has 0 saturated heterocycles. The van der Waals surface area contributed by atoms with Crippen LogP contribution in [0, 0.1) is 0 Å². The highest BCUT2D eigenvalue weighted by atomic mass is 16.1. The standard InChI is InChI=1S/C11H21NO/c1-3-5-7-9-11(13)12-10-8-6-4-2/h3,5H,4,6-10H2,1-2H3,(H,12,13). The third kappa shape index (κ3) is 9.12. The van der Waals surface area contributed by atoms with Gasteiger partial charge < -0.3 is 5.32 Å². The van der Waals surface area contributed by atoms with Gasteiger partial charge in [0, 0.05) is 13.0 Å². The van der Waals surface area contributed by atoms with Crippen molar-refractivity contribution in [2.45, 2.75) is 46.0 Å². The number of rotatable bonds is 7. The van der Waals surface area contributed by atoms with E-state index in [0.29, 0.717) is 6.42 Å². The van der Waals surface area contributed by atoms with Crippen molar-refractivity contribution in [3.63, 3.8) is 0 Å². The van der Waals surface area contributed by atoms with Crippen molar-refractivity contribution in [3.05, 3.63) is 12.2 Å². The summed E-state index contributed by atoms with van der Waals surface area (Å²) in [5, 5.41) is 2.90. The normalized spacial score (nSPS) is 10.6. The molecule has 76 valence electrons. The SMILES string of the molecule is CC=CCCC(=O)NCCCCC. The molecule has 0 aromatic rings. The Morgan fingerprint density at radius 2 is 2.15 bits per heavy atom. The van der Waals surface area contributed by atoms with Gasteiger partial charge in [-0.05, 0) is 19.8 Å². The van der Waals surface area contributed by atoms with Crippen molar-refractivity contribution in [2.75, 3.05) is 6.54 Å². The van der Waals surface area contributed by atoms with Crippen LogP contribution >= 0.6 is 0 Å². The van der Waals surface area contributed by atoms with Gasteiger partial charge in [-0.25, -0.2) is 0 Å². The molecule has 13 heavy (non-hydrogen) atoms. The lowest BCUT2D eigenvalue weighted by Gasteiger charge is -2.02. The third-order valence-corrected chi connectivity index (χ3v) is 1.88. The van der Waals surface area contributed by atoms with Crippen molar-refractivity contribution in [1.29, 1.82) is 0 Å². The summed E-state index contributed by atoms with van der Waals surface area (Å²) < 4.78 is 0. The lowest BCUT2D eigenvalue weighted by atomic mass is 10.2. The number of carbonyl (C=O) groups is 1. The fourth-order valence-electron chi connectivity index (χ4n) is 1.07. The summed E-state index contributed by atoms with van der Waals surface area (Å²) in [5.74, 6) is 0.175. The zero-order valence-electron chi connectivity index (χ0n) is 8.81. The molecule has 1 N–H and O–H groups in total. The molecule has 0 saturated carbocycles. The van der Waals surface area contributed by atoms with E-state index in [-0.39, 0.29) is 5.91 Å². The van der Waals surface area contributed by atoms with Gasteiger partial charge in [0.05, 0.1) is 0 Å². The summed E-state index contributed by atoms with van der Waals surface area (Å²) in [5.41, 5.74) is 0. The molecule has 0 aliphatic heterocycles. The topological polar surface area (TPSA) is 29.1 Å². The van der Waals surface area contributed by atoms with Gasteiger partial charge in [0.25, 0.3) is 0 Å². The van der Waals surface area contributed by atoms with Gasteiger partial charge in [-0.15, -0.1) is 0 Å². The molecule has 0 rings (SSSR count). The fourth-order valence-corrected chi connectivity index (χ4v) is 1.07. The molecule has 0 aliphatic rings. The molecule has 0 heterocycles. The Labute approximate surface area is 81.4 Å². The van der Waals surface area contributed by atoms with Crippen LogP contribution in [0.3, 0.4) is 0 Å². The van der Waals surface area contributed by atoms with Crippen molar-refractivity contribution < 1.29 is 4.79 Å². The first-order chi connectivity index (χ1) is 6.31. The molecule has 2 nitrogen and oxygen atoms in total. The molecule has 0 fully saturated rings. The number of carbonyl (C=O) groups excluding carboxylic acids is 1. The number of amides is 1. The Morgan fingerprint density at radius 3 is 2.77 bits per heavy atom. The molecule has 0 aromatic heterocycles. The summed E-state index contributed by atoms with van der Waals surface area (Å²) >= 11 is 0. The van der Waals surface area contributed by atoms with E-state index in [4.69, 9.17) is 0 Å². The molecule has 0 spiro atoms. The maximum Gasteiger partial charge on any atom is 0.220 e. The van der Waals surface area contributed by atoms with E-state index >= 15 is 0 Å². The minimum absolute atomic E-state index is 0.175. The first-order valence-corrected chi connectivity index (χ1v) is 5.19. The van der Waals surface area contributed by atoms with Gasteiger partial charge in [0.15, 0.2) is 0 Å². The Kier molecular flexibility index (Phi) is 8.73. The zero-order chi connectivity index (χ0) is 9.94. The number of allylic oxidation sites excluding steroid dienone is 2. The first-order valence-electron chi connectivity index (χ1n) is 5.19. The number of nitrogens with one attached hydrogen (secondary N) is 1. The third-order valence-electron chi connectivity index (χ3n) is 1.88. The van der Waals surface area contributed by atoms with Crippen LogP contribution in [0.1, 0.15) is 46.0 Å². The Morgan fingerprint density at radius 1 is 1.38 bits per heavy atom. The minimum atomic E-state index is 0.175. The second kappa shape index (κ2) is 9.30. The minimum Gasteiger partial charge on any atom is -0.356 e. The van der Waals surface area contributed by atoms with Crippen LogP contribution in [0.5, 0.6) is 0 Å². The summed E-state index contributed by atoms with van der Waals surface area (Å²) in [7, 11) is 0. The monoisotopic (exact) mass is 183 g/mol. The van der Waals surface area contributed by atoms with Gasteiger partial charge in [-0.2, -0.15) is 0 Å². The van der Waals surface area contributed by atoms with Crippen molar-refractivity contribution in [2.24, 2.45) is 0 Å². The number of unbranched alkanes of at least 4 members (excludes halogenated alkanes) is 2. The van der Waals surface area contributed by atoms with Gasteiger partial charge in [0.1, 0.15) is 0 Å². The van der Waals surface area contributed by atoms with Crippen molar-refractivity contribution in [1.82, 2.24) is 5.32 Å². The van der Waals surface area contributed by atoms with Crippen LogP contribution in [0.25, 0.3) is 0 Å². The van der Waals surface area contributed by atoms with E-state index in [0.717, 1.165) is 19.4 Å². The highest BCUT2D eigenvalue weighted by Crippen LogP contribution is 1.93. The highest BCUT2D eigenvalue weighted by molar-refractivity contribution is 5.75. The van der Waals surface area contributed by atoms with Crippen LogP contribution in [-0.4, -0.2) is 12.5 Å². The quantitative estimate of drug-likeness (QED) is 0.477. The van der Waals surface area contributed by atoms with Gasteiger partial charge in [-0.1, -0.05) is 31.9 Å². The van der Waals surface area contributed by atoms with E-state index in [1.165, 1.54) is 12.8 Å². The highest BCUT2D eigenvalue weighted by Gasteiger charge is 1.97.